The van der Waals surface area contributed by atoms with Gasteiger partial charge in [0.25, 0.3) is 11.8 Å². The van der Waals surface area contributed by atoms with Crippen molar-refractivity contribution < 1.29 is 26.7 Å². The Kier molecular flexibility index (Phi) is 7.66. The number of likely N-dealkylation sites (tertiary alicyclic amines) is 1. The molecule has 1 aliphatic heterocycles. The summed E-state index contributed by atoms with van der Waals surface area (Å²) in [5, 5.41) is 2.79. The maximum atomic E-state index is 14.5. The average Bonchev–Trinajstić information content (AvgIpc) is 2.80. The number of hydrogen-bond acceptors (Lipinski definition) is 7. The van der Waals surface area contributed by atoms with Crippen LogP contribution in [0.25, 0.3) is 5.70 Å². The molecular formula is C22H24F5N7O. The number of pyridine rings is 1. The first-order chi connectivity index (χ1) is 16.4. The molecule has 2 aromatic heterocycles. The molecule has 0 aromatic carbocycles. The lowest BCUT2D eigenvalue weighted by atomic mass is 9.87. The minimum Gasteiger partial charge on any atom is -0.396 e. The van der Waals surface area contributed by atoms with Crippen LogP contribution in [0.15, 0.2) is 47.4 Å². The van der Waals surface area contributed by atoms with Gasteiger partial charge in [-0.05, 0) is 18.1 Å². The van der Waals surface area contributed by atoms with Crippen molar-refractivity contribution in [2.45, 2.75) is 31.5 Å². The van der Waals surface area contributed by atoms with Crippen LogP contribution in [0.5, 0.6) is 0 Å². The second-order valence-electron chi connectivity index (χ2n) is 8.13. The Balaban J connectivity index is 1.89. The standard InChI is InChI=1S/C22H24F5N7O/c1-13-7-21(23,24)12-34(16(13)9-32-18-11-31-17(10-33-18)22(25,26)27)20(35)14(8-29-2)19(28)15-5-3-4-6-30-15/h3-6,8,10-11,13,16H,7,9,12,28H2,1-2H3,(H,32,33). The van der Waals surface area contributed by atoms with Crippen molar-refractivity contribution in [2.24, 2.45) is 16.6 Å². The Morgan fingerprint density at radius 3 is 2.60 bits per heavy atom. The summed E-state index contributed by atoms with van der Waals surface area (Å²) in [5.41, 5.74) is 5.15. The highest BCUT2D eigenvalue weighted by Gasteiger charge is 2.46. The van der Waals surface area contributed by atoms with Crippen molar-refractivity contribution >= 4 is 23.6 Å². The van der Waals surface area contributed by atoms with E-state index in [0.717, 1.165) is 11.1 Å². The molecule has 13 heteroatoms. The molecule has 3 rings (SSSR count). The average molecular weight is 497 g/mol. The number of amides is 1. The molecule has 3 N–H and O–H groups in total. The zero-order chi connectivity index (χ0) is 25.8. The molecule has 8 nitrogen and oxygen atoms in total. The Hall–Kier alpha value is -3.64. The third-order valence-electron chi connectivity index (χ3n) is 5.49. The van der Waals surface area contributed by atoms with Crippen LogP contribution >= 0.6 is 0 Å². The normalized spacial score (nSPS) is 21.1. The number of aliphatic imine (C=N–C) groups is 1. The fourth-order valence-corrected chi connectivity index (χ4v) is 3.84. The molecule has 188 valence electrons. The van der Waals surface area contributed by atoms with Crippen molar-refractivity contribution in [3.8, 4) is 0 Å². The lowest BCUT2D eigenvalue weighted by molar-refractivity contribution is -0.147. The molecular weight excluding hydrogens is 473 g/mol. The summed E-state index contributed by atoms with van der Waals surface area (Å²) in [5.74, 6) is -4.56. The second kappa shape index (κ2) is 10.3. The predicted octanol–water partition coefficient (Wildman–Crippen LogP) is 3.25. The van der Waals surface area contributed by atoms with Crippen LogP contribution < -0.4 is 11.1 Å². The molecule has 2 atom stereocenters. The van der Waals surface area contributed by atoms with Crippen LogP contribution in [0.3, 0.4) is 0 Å². The van der Waals surface area contributed by atoms with Gasteiger partial charge < -0.3 is 16.0 Å². The number of nitrogens with zero attached hydrogens (tertiary/aromatic N) is 5. The summed E-state index contributed by atoms with van der Waals surface area (Å²) >= 11 is 0. The Labute approximate surface area is 198 Å². The smallest absolute Gasteiger partial charge is 0.396 e. The maximum absolute atomic E-state index is 14.5. The number of piperidine rings is 1. The summed E-state index contributed by atoms with van der Waals surface area (Å²) in [6.45, 7) is 0.651. The molecule has 0 radical (unpaired) electrons. The number of anilines is 1. The zero-order valence-electron chi connectivity index (χ0n) is 18.9. The number of carbonyl (C=O) groups is 1. The van der Waals surface area contributed by atoms with Gasteiger partial charge in [-0.1, -0.05) is 13.0 Å². The van der Waals surface area contributed by atoms with Crippen molar-refractivity contribution in [3.63, 3.8) is 0 Å². The number of alkyl halides is 5. The lowest BCUT2D eigenvalue weighted by Gasteiger charge is -2.43. The molecule has 1 saturated heterocycles. The molecule has 35 heavy (non-hydrogen) atoms. The number of hydrogen-bond donors (Lipinski definition) is 2. The SMILES string of the molecule is CN=CC(C(=O)N1CC(F)(F)CC(C)C1CNc1cnc(C(F)(F)F)cn1)=C(N)c1ccccn1. The lowest BCUT2D eigenvalue weighted by Crippen LogP contribution is -2.58. The summed E-state index contributed by atoms with van der Waals surface area (Å²) in [7, 11) is 1.41. The van der Waals surface area contributed by atoms with E-state index >= 15 is 0 Å². The molecule has 0 spiro atoms. The van der Waals surface area contributed by atoms with E-state index in [9.17, 15) is 26.7 Å². The van der Waals surface area contributed by atoms with Gasteiger partial charge in [-0.15, -0.1) is 0 Å². The van der Waals surface area contributed by atoms with E-state index in [1.807, 2.05) is 0 Å². The van der Waals surface area contributed by atoms with Crippen LogP contribution in [0, 0.1) is 5.92 Å². The summed E-state index contributed by atoms with van der Waals surface area (Å²) < 4.78 is 67.1. The van der Waals surface area contributed by atoms with Crippen molar-refractivity contribution in [1.82, 2.24) is 19.9 Å². The Morgan fingerprint density at radius 2 is 2.03 bits per heavy atom. The fraction of sp³-hybridized carbons (Fsp3) is 0.409. The van der Waals surface area contributed by atoms with Gasteiger partial charge in [0.15, 0.2) is 5.69 Å². The van der Waals surface area contributed by atoms with E-state index in [4.69, 9.17) is 5.73 Å². The number of carbonyl (C=O) groups excluding carboxylic acids is 1. The Morgan fingerprint density at radius 1 is 1.29 bits per heavy atom. The van der Waals surface area contributed by atoms with Crippen molar-refractivity contribution in [3.05, 3.63) is 53.8 Å². The van der Waals surface area contributed by atoms with E-state index < -0.39 is 48.6 Å². The van der Waals surface area contributed by atoms with Crippen LogP contribution in [0.4, 0.5) is 27.8 Å². The molecule has 0 saturated carbocycles. The molecule has 3 heterocycles. The number of nitrogens with one attached hydrogen (secondary N) is 1. The maximum Gasteiger partial charge on any atom is 0.434 e. The summed E-state index contributed by atoms with van der Waals surface area (Å²) in [6.07, 6.45) is -0.993. The first-order valence-corrected chi connectivity index (χ1v) is 10.6. The van der Waals surface area contributed by atoms with Gasteiger partial charge in [0, 0.05) is 32.4 Å². The first kappa shape index (κ1) is 26.0. The molecule has 1 fully saturated rings. The van der Waals surface area contributed by atoms with E-state index in [1.165, 1.54) is 19.5 Å². The highest BCUT2D eigenvalue weighted by Crippen LogP contribution is 2.35. The third-order valence-corrected chi connectivity index (χ3v) is 5.49. The molecule has 1 amide bonds. The minimum atomic E-state index is -4.64. The number of rotatable bonds is 6. The highest BCUT2D eigenvalue weighted by molar-refractivity contribution is 6.17. The molecule has 0 aliphatic carbocycles. The van der Waals surface area contributed by atoms with Crippen LogP contribution in [-0.2, 0) is 11.0 Å². The number of aromatic nitrogens is 3. The van der Waals surface area contributed by atoms with E-state index in [-0.39, 0.29) is 29.3 Å². The van der Waals surface area contributed by atoms with Gasteiger partial charge in [-0.3, -0.25) is 14.8 Å². The van der Waals surface area contributed by atoms with Gasteiger partial charge in [-0.2, -0.15) is 13.2 Å². The Bertz CT molecular complexity index is 1090. The van der Waals surface area contributed by atoms with Crippen LogP contribution in [-0.4, -0.2) is 64.1 Å². The number of halogens is 5. The van der Waals surface area contributed by atoms with Gasteiger partial charge in [0.2, 0.25) is 0 Å². The third kappa shape index (κ3) is 6.28. The zero-order valence-corrected chi connectivity index (χ0v) is 18.9. The molecule has 0 bridgehead atoms. The molecule has 2 unspecified atom stereocenters. The highest BCUT2D eigenvalue weighted by atomic mass is 19.4. The molecule has 1 aliphatic rings. The van der Waals surface area contributed by atoms with Crippen LogP contribution in [0.2, 0.25) is 0 Å². The monoisotopic (exact) mass is 497 g/mol. The van der Waals surface area contributed by atoms with Gasteiger partial charge >= 0.3 is 6.18 Å². The van der Waals surface area contributed by atoms with Gasteiger partial charge in [0.1, 0.15) is 5.82 Å². The predicted molar refractivity (Wildman–Crippen MR) is 120 cm³/mol. The van der Waals surface area contributed by atoms with Gasteiger partial charge in [-0.25, -0.2) is 18.7 Å². The second-order valence-corrected chi connectivity index (χ2v) is 8.13. The summed E-state index contributed by atoms with van der Waals surface area (Å²) in [4.78, 5) is 29.4. The van der Waals surface area contributed by atoms with E-state index in [1.54, 1.807) is 25.1 Å². The fourth-order valence-electron chi connectivity index (χ4n) is 3.84. The quantitative estimate of drug-likeness (QED) is 0.360. The van der Waals surface area contributed by atoms with Gasteiger partial charge in [0.05, 0.1) is 41.9 Å². The van der Waals surface area contributed by atoms with Crippen molar-refractivity contribution in [2.75, 3.05) is 25.5 Å². The van der Waals surface area contributed by atoms with Crippen LogP contribution in [0.1, 0.15) is 24.7 Å². The number of nitrogens with two attached hydrogens (primary N) is 1. The largest absolute Gasteiger partial charge is 0.434 e. The summed E-state index contributed by atoms with van der Waals surface area (Å²) in [6, 6.07) is 4.14. The minimum absolute atomic E-state index is 0.00817. The van der Waals surface area contributed by atoms with Crippen molar-refractivity contribution in [1.29, 1.82) is 0 Å². The topological polar surface area (TPSA) is 109 Å². The van der Waals surface area contributed by atoms with E-state index in [2.05, 4.69) is 25.3 Å². The van der Waals surface area contributed by atoms with E-state index in [0.29, 0.717) is 6.20 Å². The first-order valence-electron chi connectivity index (χ1n) is 10.6. The molecule has 2 aromatic rings.